The van der Waals surface area contributed by atoms with Crippen LogP contribution in [0.15, 0.2) is 0 Å². The summed E-state index contributed by atoms with van der Waals surface area (Å²) in [5.41, 5.74) is 0. The molecule has 0 aromatic carbocycles. The van der Waals surface area contributed by atoms with Crippen LogP contribution in [0.5, 0.6) is 0 Å². The predicted octanol–water partition coefficient (Wildman–Crippen LogP) is 4.50. The maximum atomic E-state index is 2.59. The lowest BCUT2D eigenvalue weighted by Crippen LogP contribution is -2.53. The summed E-state index contributed by atoms with van der Waals surface area (Å²) in [6, 6.07) is 0. The van der Waals surface area contributed by atoms with Gasteiger partial charge in [-0.25, -0.2) is 0 Å². The summed E-state index contributed by atoms with van der Waals surface area (Å²) in [6.45, 7) is 18.1. The van der Waals surface area contributed by atoms with Crippen molar-refractivity contribution in [3.63, 3.8) is 0 Å². The number of quaternary nitrogens is 1. The van der Waals surface area contributed by atoms with Gasteiger partial charge in [0.2, 0.25) is 0 Å². The first-order chi connectivity index (χ1) is 11.6. The van der Waals surface area contributed by atoms with Crippen LogP contribution in [0.1, 0.15) is 59.8 Å². The fraction of sp³-hybridized carbons (Fsp3) is 1.00. The van der Waals surface area contributed by atoms with E-state index < -0.39 is 0 Å². The molecule has 1 heterocycles. The van der Waals surface area contributed by atoms with Crippen molar-refractivity contribution in [2.75, 3.05) is 46.3 Å². The second-order valence-corrected chi connectivity index (χ2v) is 9.42. The molecule has 1 aliphatic heterocycles. The molecule has 0 spiro atoms. The van der Waals surface area contributed by atoms with Crippen molar-refractivity contribution < 1.29 is 4.48 Å². The minimum Gasteiger partial charge on any atom is -0.323 e. The Labute approximate surface area is 151 Å². The summed E-state index contributed by atoms with van der Waals surface area (Å²) < 4.78 is 1.46. The summed E-state index contributed by atoms with van der Waals surface area (Å²) in [5, 5.41) is 0. The highest BCUT2D eigenvalue weighted by Gasteiger charge is 2.60. The first kappa shape index (κ1) is 18.7. The molecule has 0 aromatic heterocycles. The molecule has 1 saturated heterocycles. The standard InChI is InChI=1S/C22H43N2/c1-6-10-13-24(9-4)15-21-18-11-12-19(22(21)16-24)20(17(18)7-2)14-23(5)8-3/h17-22H,6-16H2,1-5H3/q+1. The fourth-order valence-electron chi connectivity index (χ4n) is 7.11. The summed E-state index contributed by atoms with van der Waals surface area (Å²) in [4.78, 5) is 2.59. The largest absolute Gasteiger partial charge is 0.323 e. The van der Waals surface area contributed by atoms with Crippen LogP contribution < -0.4 is 0 Å². The van der Waals surface area contributed by atoms with E-state index in [2.05, 4.69) is 39.6 Å². The minimum absolute atomic E-state index is 0.989. The van der Waals surface area contributed by atoms with Gasteiger partial charge in [-0.05, 0) is 63.5 Å². The lowest BCUT2D eigenvalue weighted by atomic mass is 9.50. The van der Waals surface area contributed by atoms with Crippen molar-refractivity contribution >= 4 is 0 Å². The molecular formula is C22H43N2+. The summed E-state index contributed by atoms with van der Waals surface area (Å²) in [7, 11) is 2.34. The minimum atomic E-state index is 0.989. The summed E-state index contributed by atoms with van der Waals surface area (Å²) in [5.74, 6) is 6.21. The molecule has 3 saturated carbocycles. The van der Waals surface area contributed by atoms with Crippen molar-refractivity contribution in [3.05, 3.63) is 0 Å². The zero-order valence-corrected chi connectivity index (χ0v) is 17.1. The molecule has 7 atom stereocenters. The average molecular weight is 336 g/mol. The summed E-state index contributed by atoms with van der Waals surface area (Å²) in [6.07, 6.45) is 7.31. The Bertz CT molecular complexity index is 409. The smallest absolute Gasteiger partial charge is 0.0823 e. The van der Waals surface area contributed by atoms with E-state index in [1.807, 2.05) is 0 Å². The van der Waals surface area contributed by atoms with Gasteiger partial charge in [0.1, 0.15) is 0 Å². The van der Waals surface area contributed by atoms with Crippen LogP contribution >= 0.6 is 0 Å². The van der Waals surface area contributed by atoms with E-state index in [0.29, 0.717) is 0 Å². The van der Waals surface area contributed by atoms with Gasteiger partial charge in [0.15, 0.2) is 0 Å². The predicted molar refractivity (Wildman–Crippen MR) is 104 cm³/mol. The molecule has 0 aromatic rings. The van der Waals surface area contributed by atoms with Gasteiger partial charge in [0.05, 0.1) is 26.2 Å². The molecular weight excluding hydrogens is 292 g/mol. The molecule has 140 valence electrons. The second kappa shape index (κ2) is 7.66. The van der Waals surface area contributed by atoms with Gasteiger partial charge in [-0.3, -0.25) is 0 Å². The number of rotatable bonds is 8. The maximum absolute atomic E-state index is 2.59. The summed E-state index contributed by atoms with van der Waals surface area (Å²) >= 11 is 0. The molecule has 3 aliphatic carbocycles. The van der Waals surface area contributed by atoms with E-state index in [-0.39, 0.29) is 0 Å². The molecule has 2 nitrogen and oxygen atoms in total. The number of fused-ring (bicyclic) bond motifs is 2. The van der Waals surface area contributed by atoms with Crippen LogP contribution in [-0.4, -0.2) is 55.7 Å². The van der Waals surface area contributed by atoms with Crippen molar-refractivity contribution in [1.82, 2.24) is 4.90 Å². The monoisotopic (exact) mass is 335 g/mol. The Hall–Kier alpha value is -0.0800. The molecule has 0 N–H and O–H groups in total. The van der Waals surface area contributed by atoms with Gasteiger partial charge in [-0.2, -0.15) is 0 Å². The molecule has 7 unspecified atom stereocenters. The Morgan fingerprint density at radius 1 is 0.875 bits per heavy atom. The Morgan fingerprint density at radius 2 is 1.50 bits per heavy atom. The second-order valence-electron chi connectivity index (χ2n) is 9.42. The van der Waals surface area contributed by atoms with Crippen LogP contribution in [0, 0.1) is 35.5 Å². The van der Waals surface area contributed by atoms with Crippen LogP contribution in [0.3, 0.4) is 0 Å². The Kier molecular flexibility index (Phi) is 5.97. The fourth-order valence-corrected chi connectivity index (χ4v) is 7.11. The number of hydrogen-bond acceptors (Lipinski definition) is 1. The molecule has 0 amide bonds. The third kappa shape index (κ3) is 3.18. The highest BCUT2D eigenvalue weighted by molar-refractivity contribution is 5.03. The number of likely N-dealkylation sites (tertiary alicyclic amines) is 1. The zero-order valence-electron chi connectivity index (χ0n) is 17.1. The van der Waals surface area contributed by atoms with E-state index in [9.17, 15) is 0 Å². The maximum Gasteiger partial charge on any atom is 0.0823 e. The van der Waals surface area contributed by atoms with E-state index in [1.165, 1.54) is 63.0 Å². The third-order valence-electron chi connectivity index (χ3n) is 8.52. The van der Waals surface area contributed by atoms with Gasteiger partial charge >= 0.3 is 0 Å². The van der Waals surface area contributed by atoms with Gasteiger partial charge < -0.3 is 9.38 Å². The lowest BCUT2D eigenvalue weighted by Gasteiger charge is -2.54. The first-order valence-corrected chi connectivity index (χ1v) is 11.1. The molecule has 4 fully saturated rings. The number of hydrogen-bond donors (Lipinski definition) is 0. The van der Waals surface area contributed by atoms with Crippen LogP contribution in [0.2, 0.25) is 0 Å². The van der Waals surface area contributed by atoms with E-state index >= 15 is 0 Å². The van der Waals surface area contributed by atoms with Gasteiger partial charge in [-0.1, -0.05) is 33.6 Å². The van der Waals surface area contributed by atoms with Crippen molar-refractivity contribution in [3.8, 4) is 0 Å². The highest BCUT2D eigenvalue weighted by atomic mass is 15.4. The van der Waals surface area contributed by atoms with E-state index in [0.717, 1.165) is 35.5 Å². The van der Waals surface area contributed by atoms with Crippen molar-refractivity contribution in [2.24, 2.45) is 35.5 Å². The van der Waals surface area contributed by atoms with Crippen LogP contribution in [0.4, 0.5) is 0 Å². The molecule has 24 heavy (non-hydrogen) atoms. The molecule has 2 heteroatoms. The van der Waals surface area contributed by atoms with E-state index in [1.54, 1.807) is 12.8 Å². The van der Waals surface area contributed by atoms with Crippen molar-refractivity contribution in [1.29, 1.82) is 0 Å². The van der Waals surface area contributed by atoms with Crippen LogP contribution in [0.25, 0.3) is 0 Å². The topological polar surface area (TPSA) is 3.24 Å². The molecule has 4 rings (SSSR count). The quantitative estimate of drug-likeness (QED) is 0.590. The number of nitrogens with zero attached hydrogens (tertiary/aromatic N) is 2. The number of unbranched alkanes of at least 4 members (excludes halogenated alkanes) is 1. The normalized spacial score (nSPS) is 44.2. The van der Waals surface area contributed by atoms with Gasteiger partial charge in [0.25, 0.3) is 0 Å². The SMILES string of the molecule is CCCC[N+]1(CC)CC2C3CCC(C(CN(C)CC)C3CC)C2C1. The van der Waals surface area contributed by atoms with Gasteiger partial charge in [0, 0.05) is 18.4 Å². The van der Waals surface area contributed by atoms with Gasteiger partial charge in [-0.15, -0.1) is 0 Å². The Balaban J connectivity index is 1.80. The molecule has 0 radical (unpaired) electrons. The Morgan fingerprint density at radius 3 is 2.00 bits per heavy atom. The molecule has 2 bridgehead atoms. The zero-order chi connectivity index (χ0) is 17.3. The average Bonchev–Trinajstić information content (AvgIpc) is 3.01. The van der Waals surface area contributed by atoms with Crippen LogP contribution in [-0.2, 0) is 0 Å². The third-order valence-corrected chi connectivity index (χ3v) is 8.52. The lowest BCUT2D eigenvalue weighted by molar-refractivity contribution is -0.918. The van der Waals surface area contributed by atoms with E-state index in [4.69, 9.17) is 0 Å². The first-order valence-electron chi connectivity index (χ1n) is 11.1. The van der Waals surface area contributed by atoms with Crippen molar-refractivity contribution in [2.45, 2.75) is 59.8 Å². The highest BCUT2D eigenvalue weighted by Crippen LogP contribution is 2.59. The molecule has 4 aliphatic rings.